The van der Waals surface area contributed by atoms with Crippen molar-refractivity contribution in [1.29, 1.82) is 0 Å². The quantitative estimate of drug-likeness (QED) is 0.741. The topological polar surface area (TPSA) is 60.5 Å². The second-order valence-corrected chi connectivity index (χ2v) is 2.95. The molecule has 1 rings (SSSR count). The molecule has 0 atom stereocenters. The van der Waals surface area contributed by atoms with Crippen molar-refractivity contribution in [2.24, 2.45) is 0 Å². The molecule has 5 nitrogen and oxygen atoms in total. The normalized spacial score (nSPS) is 9.62. The Kier molecular flexibility index (Phi) is 5.11. The summed E-state index contributed by atoms with van der Waals surface area (Å²) < 4.78 is 10.0. The molecule has 0 spiro atoms. The average molecular weight is 224 g/mol. The van der Waals surface area contributed by atoms with E-state index >= 15 is 0 Å². The lowest BCUT2D eigenvalue weighted by molar-refractivity contribution is -0.140. The minimum Gasteiger partial charge on any atom is -0.478 e. The van der Waals surface area contributed by atoms with E-state index in [1.807, 2.05) is 13.0 Å². The van der Waals surface area contributed by atoms with Crippen molar-refractivity contribution in [3.8, 4) is 5.88 Å². The van der Waals surface area contributed by atoms with E-state index in [2.05, 4.69) is 10.3 Å². The van der Waals surface area contributed by atoms with E-state index < -0.39 is 0 Å². The molecule has 5 heteroatoms. The SMILES string of the molecule is CCOC(=O)CNc1cccc(OCC)n1. The Morgan fingerprint density at radius 2 is 2.19 bits per heavy atom. The molecule has 1 aromatic rings. The molecular formula is C11H16N2O3. The third-order valence-corrected chi connectivity index (χ3v) is 1.73. The van der Waals surface area contributed by atoms with Crippen molar-refractivity contribution in [3.63, 3.8) is 0 Å². The van der Waals surface area contributed by atoms with E-state index in [9.17, 15) is 4.79 Å². The van der Waals surface area contributed by atoms with Crippen LogP contribution in [-0.2, 0) is 9.53 Å². The number of nitrogens with one attached hydrogen (secondary N) is 1. The molecule has 0 saturated carbocycles. The van der Waals surface area contributed by atoms with Crippen molar-refractivity contribution in [2.75, 3.05) is 25.1 Å². The number of carbonyl (C=O) groups excluding carboxylic acids is 1. The summed E-state index contributed by atoms with van der Waals surface area (Å²) in [4.78, 5) is 15.2. The zero-order valence-electron chi connectivity index (χ0n) is 9.53. The Balaban J connectivity index is 2.47. The van der Waals surface area contributed by atoms with Gasteiger partial charge in [-0.25, -0.2) is 0 Å². The van der Waals surface area contributed by atoms with Crippen LogP contribution in [0.3, 0.4) is 0 Å². The summed E-state index contributed by atoms with van der Waals surface area (Å²) in [5, 5.41) is 2.86. The van der Waals surface area contributed by atoms with Gasteiger partial charge >= 0.3 is 5.97 Å². The summed E-state index contributed by atoms with van der Waals surface area (Å²) in [6.07, 6.45) is 0. The van der Waals surface area contributed by atoms with E-state index in [-0.39, 0.29) is 12.5 Å². The van der Waals surface area contributed by atoms with Gasteiger partial charge in [0, 0.05) is 6.07 Å². The smallest absolute Gasteiger partial charge is 0.325 e. The Bertz CT molecular complexity index is 342. The van der Waals surface area contributed by atoms with Gasteiger partial charge in [0.2, 0.25) is 5.88 Å². The maximum atomic E-state index is 11.1. The first-order valence-electron chi connectivity index (χ1n) is 5.25. The summed E-state index contributed by atoms with van der Waals surface area (Å²) in [5.74, 6) is 0.835. The fraction of sp³-hybridized carbons (Fsp3) is 0.455. The van der Waals surface area contributed by atoms with Crippen LogP contribution in [0.2, 0.25) is 0 Å². The molecule has 0 radical (unpaired) electrons. The Morgan fingerprint density at radius 1 is 1.38 bits per heavy atom. The van der Waals surface area contributed by atoms with Crippen LogP contribution in [0.1, 0.15) is 13.8 Å². The minimum atomic E-state index is -0.300. The summed E-state index contributed by atoms with van der Waals surface area (Å²) in [5.41, 5.74) is 0. The Labute approximate surface area is 94.8 Å². The zero-order valence-corrected chi connectivity index (χ0v) is 9.53. The van der Waals surface area contributed by atoms with Gasteiger partial charge < -0.3 is 14.8 Å². The lowest BCUT2D eigenvalue weighted by Crippen LogP contribution is -2.17. The Hall–Kier alpha value is -1.78. The summed E-state index contributed by atoms with van der Waals surface area (Å²) in [6, 6.07) is 5.34. The fourth-order valence-corrected chi connectivity index (χ4v) is 1.12. The molecule has 1 heterocycles. The summed E-state index contributed by atoms with van der Waals surface area (Å²) in [7, 11) is 0. The molecular weight excluding hydrogens is 208 g/mol. The largest absolute Gasteiger partial charge is 0.478 e. The van der Waals surface area contributed by atoms with E-state index in [4.69, 9.17) is 9.47 Å². The van der Waals surface area contributed by atoms with Crippen LogP contribution < -0.4 is 10.1 Å². The lowest BCUT2D eigenvalue weighted by atomic mass is 10.4. The number of aromatic nitrogens is 1. The van der Waals surface area contributed by atoms with Gasteiger partial charge in [-0.1, -0.05) is 6.07 Å². The second-order valence-electron chi connectivity index (χ2n) is 2.95. The van der Waals surface area contributed by atoms with E-state index in [1.165, 1.54) is 0 Å². The van der Waals surface area contributed by atoms with E-state index in [0.29, 0.717) is 24.9 Å². The van der Waals surface area contributed by atoms with E-state index in [1.54, 1.807) is 19.1 Å². The van der Waals surface area contributed by atoms with Gasteiger partial charge in [-0.05, 0) is 19.9 Å². The molecule has 0 amide bonds. The molecule has 16 heavy (non-hydrogen) atoms. The molecule has 0 bridgehead atoms. The van der Waals surface area contributed by atoms with Crippen LogP contribution in [0.4, 0.5) is 5.82 Å². The fourth-order valence-electron chi connectivity index (χ4n) is 1.12. The molecule has 0 aliphatic rings. The van der Waals surface area contributed by atoms with Gasteiger partial charge in [0.1, 0.15) is 12.4 Å². The standard InChI is InChI=1S/C11H16N2O3/c1-3-15-10-7-5-6-9(13-10)12-8-11(14)16-4-2/h5-7H,3-4,8H2,1-2H3,(H,12,13). The molecule has 1 N–H and O–H groups in total. The highest BCUT2D eigenvalue weighted by Crippen LogP contribution is 2.10. The lowest BCUT2D eigenvalue weighted by Gasteiger charge is -2.07. The first kappa shape index (κ1) is 12.3. The molecule has 0 saturated heterocycles. The first-order valence-corrected chi connectivity index (χ1v) is 5.25. The molecule has 88 valence electrons. The number of carbonyl (C=O) groups is 1. The van der Waals surface area contributed by atoms with Gasteiger partial charge in [-0.2, -0.15) is 4.98 Å². The number of esters is 1. The van der Waals surface area contributed by atoms with Crippen LogP contribution in [0.25, 0.3) is 0 Å². The molecule has 0 unspecified atom stereocenters. The number of nitrogens with zero attached hydrogens (tertiary/aromatic N) is 1. The minimum absolute atomic E-state index is 0.108. The average Bonchev–Trinajstić information content (AvgIpc) is 2.28. The number of hydrogen-bond donors (Lipinski definition) is 1. The van der Waals surface area contributed by atoms with Gasteiger partial charge in [0.15, 0.2) is 0 Å². The first-order chi connectivity index (χ1) is 7.76. The zero-order chi connectivity index (χ0) is 11.8. The highest BCUT2D eigenvalue weighted by Gasteiger charge is 2.02. The number of ether oxygens (including phenoxy) is 2. The summed E-state index contributed by atoms with van der Waals surface area (Å²) in [6.45, 7) is 4.71. The van der Waals surface area contributed by atoms with Crippen molar-refractivity contribution in [2.45, 2.75) is 13.8 Å². The van der Waals surface area contributed by atoms with Gasteiger partial charge in [0.05, 0.1) is 13.2 Å². The maximum Gasteiger partial charge on any atom is 0.325 e. The Morgan fingerprint density at radius 3 is 2.88 bits per heavy atom. The number of rotatable bonds is 6. The number of hydrogen-bond acceptors (Lipinski definition) is 5. The monoisotopic (exact) mass is 224 g/mol. The van der Waals surface area contributed by atoms with Crippen molar-refractivity contribution >= 4 is 11.8 Å². The number of pyridine rings is 1. The number of anilines is 1. The van der Waals surface area contributed by atoms with Crippen LogP contribution in [0, 0.1) is 0 Å². The highest BCUT2D eigenvalue weighted by atomic mass is 16.5. The van der Waals surface area contributed by atoms with Crippen molar-refractivity contribution < 1.29 is 14.3 Å². The third-order valence-electron chi connectivity index (χ3n) is 1.73. The van der Waals surface area contributed by atoms with Crippen molar-refractivity contribution in [3.05, 3.63) is 18.2 Å². The summed E-state index contributed by atoms with van der Waals surface area (Å²) >= 11 is 0. The third kappa shape index (κ3) is 4.16. The van der Waals surface area contributed by atoms with E-state index in [0.717, 1.165) is 0 Å². The maximum absolute atomic E-state index is 11.1. The highest BCUT2D eigenvalue weighted by molar-refractivity contribution is 5.74. The van der Waals surface area contributed by atoms with Crippen LogP contribution in [-0.4, -0.2) is 30.7 Å². The van der Waals surface area contributed by atoms with Crippen molar-refractivity contribution in [1.82, 2.24) is 4.98 Å². The molecule has 1 aromatic heterocycles. The van der Waals surface area contributed by atoms with Gasteiger partial charge in [0.25, 0.3) is 0 Å². The predicted molar refractivity (Wildman–Crippen MR) is 60.5 cm³/mol. The molecule has 0 aromatic carbocycles. The molecule has 0 fully saturated rings. The van der Waals surface area contributed by atoms with Crippen LogP contribution in [0.15, 0.2) is 18.2 Å². The van der Waals surface area contributed by atoms with Crippen LogP contribution >= 0.6 is 0 Å². The second kappa shape index (κ2) is 6.66. The predicted octanol–water partition coefficient (Wildman–Crippen LogP) is 1.46. The van der Waals surface area contributed by atoms with Gasteiger partial charge in [-0.3, -0.25) is 4.79 Å². The van der Waals surface area contributed by atoms with Gasteiger partial charge in [-0.15, -0.1) is 0 Å². The molecule has 0 aliphatic heterocycles. The molecule has 0 aliphatic carbocycles. The van der Waals surface area contributed by atoms with Crippen LogP contribution in [0.5, 0.6) is 5.88 Å².